The smallest absolute Gasteiger partial charge is 0.167 e. The van der Waals surface area contributed by atoms with Gasteiger partial charge in [0, 0.05) is 16.5 Å². The maximum Gasteiger partial charge on any atom is 0.167 e. The Balaban J connectivity index is 2.22. The minimum Gasteiger partial charge on any atom is -0.294 e. The summed E-state index contributed by atoms with van der Waals surface area (Å²) in [6.07, 6.45) is 0.105. The Labute approximate surface area is 128 Å². The number of ketones is 1. The fourth-order valence-corrected chi connectivity index (χ4v) is 2.48. The maximum atomic E-state index is 13.2. The number of rotatable bonds is 3. The van der Waals surface area contributed by atoms with E-state index in [4.69, 9.17) is 23.2 Å². The van der Waals surface area contributed by atoms with Crippen molar-refractivity contribution in [2.24, 2.45) is 0 Å². The Morgan fingerprint density at radius 3 is 2.47 bits per heavy atom. The van der Waals surface area contributed by atoms with Gasteiger partial charge in [-0.1, -0.05) is 39.1 Å². The molecule has 0 bridgehead atoms. The first-order valence-electron chi connectivity index (χ1n) is 5.39. The summed E-state index contributed by atoms with van der Waals surface area (Å²) in [5, 5.41) is 0.722. The first-order chi connectivity index (χ1) is 8.95. The molecule has 0 heterocycles. The second-order valence-corrected chi connectivity index (χ2v) is 5.74. The highest BCUT2D eigenvalue weighted by Gasteiger charge is 2.10. The van der Waals surface area contributed by atoms with Crippen LogP contribution in [0.4, 0.5) is 4.39 Å². The van der Waals surface area contributed by atoms with E-state index in [-0.39, 0.29) is 18.0 Å². The van der Waals surface area contributed by atoms with Crippen LogP contribution in [0.1, 0.15) is 15.9 Å². The summed E-state index contributed by atoms with van der Waals surface area (Å²) in [5.41, 5.74) is 1.05. The van der Waals surface area contributed by atoms with Crippen molar-refractivity contribution in [3.05, 3.63) is 67.9 Å². The number of hydrogen-bond acceptors (Lipinski definition) is 1. The molecular formula is C14H8BrCl2FO. The third-order valence-corrected chi connectivity index (χ3v) is 3.73. The molecule has 0 fully saturated rings. The number of halogens is 4. The van der Waals surface area contributed by atoms with E-state index in [1.165, 1.54) is 18.2 Å². The number of Topliss-reactive ketones (excluding diaryl/α,β-unsaturated/α-hetero) is 1. The molecule has 2 aromatic carbocycles. The van der Waals surface area contributed by atoms with E-state index in [0.717, 1.165) is 0 Å². The molecule has 0 saturated carbocycles. The van der Waals surface area contributed by atoms with E-state index in [1.807, 2.05) is 0 Å². The monoisotopic (exact) mass is 360 g/mol. The van der Waals surface area contributed by atoms with E-state index in [2.05, 4.69) is 15.9 Å². The lowest BCUT2D eigenvalue weighted by atomic mass is 10.0. The van der Waals surface area contributed by atoms with E-state index in [0.29, 0.717) is 25.6 Å². The van der Waals surface area contributed by atoms with Crippen LogP contribution in [0.2, 0.25) is 10.0 Å². The highest BCUT2D eigenvalue weighted by Crippen LogP contribution is 2.24. The Bertz CT molecular complexity index is 623. The highest BCUT2D eigenvalue weighted by molar-refractivity contribution is 9.10. The molecule has 0 unspecified atom stereocenters. The Morgan fingerprint density at radius 1 is 1.11 bits per heavy atom. The van der Waals surface area contributed by atoms with Crippen LogP contribution in [-0.2, 0) is 6.42 Å². The molecule has 0 spiro atoms. The summed E-state index contributed by atoms with van der Waals surface area (Å²) in [6.45, 7) is 0. The third kappa shape index (κ3) is 3.78. The third-order valence-electron chi connectivity index (χ3n) is 2.53. The predicted molar refractivity (Wildman–Crippen MR) is 78.6 cm³/mol. The number of carbonyl (C=O) groups excluding carboxylic acids is 1. The van der Waals surface area contributed by atoms with Crippen LogP contribution in [0.15, 0.2) is 40.9 Å². The van der Waals surface area contributed by atoms with Crippen molar-refractivity contribution in [1.29, 1.82) is 0 Å². The molecule has 0 N–H and O–H groups in total. The molecule has 0 amide bonds. The predicted octanol–water partition coefficient (Wildman–Crippen LogP) is 5.32. The Hall–Kier alpha value is -0.900. The second kappa shape index (κ2) is 6.04. The van der Waals surface area contributed by atoms with Gasteiger partial charge in [0.2, 0.25) is 0 Å². The quantitative estimate of drug-likeness (QED) is 0.676. The number of hydrogen-bond donors (Lipinski definition) is 0. The van der Waals surface area contributed by atoms with Crippen molar-refractivity contribution in [2.75, 3.05) is 0 Å². The van der Waals surface area contributed by atoms with E-state index in [1.54, 1.807) is 18.2 Å². The van der Waals surface area contributed by atoms with Crippen LogP contribution >= 0.6 is 39.1 Å². The fraction of sp³-hybridized carbons (Fsp3) is 0.0714. The van der Waals surface area contributed by atoms with Gasteiger partial charge in [0.15, 0.2) is 5.78 Å². The minimum atomic E-state index is -0.383. The van der Waals surface area contributed by atoms with Gasteiger partial charge < -0.3 is 0 Å². The number of benzene rings is 2. The fourth-order valence-electron chi connectivity index (χ4n) is 1.67. The van der Waals surface area contributed by atoms with Crippen LogP contribution in [0.5, 0.6) is 0 Å². The summed E-state index contributed by atoms with van der Waals surface area (Å²) >= 11 is 14.8. The van der Waals surface area contributed by atoms with Crippen LogP contribution in [0, 0.1) is 5.82 Å². The van der Waals surface area contributed by atoms with Crippen LogP contribution in [-0.4, -0.2) is 5.78 Å². The van der Waals surface area contributed by atoms with E-state index in [9.17, 15) is 9.18 Å². The van der Waals surface area contributed by atoms with Crippen molar-refractivity contribution in [1.82, 2.24) is 0 Å². The zero-order valence-electron chi connectivity index (χ0n) is 9.59. The molecule has 2 rings (SSSR count). The molecule has 0 aliphatic heterocycles. The molecule has 2 aromatic rings. The van der Waals surface area contributed by atoms with Crippen LogP contribution in [0.3, 0.4) is 0 Å². The topological polar surface area (TPSA) is 17.1 Å². The molecule has 5 heteroatoms. The average Bonchev–Trinajstić information content (AvgIpc) is 2.31. The Morgan fingerprint density at radius 2 is 1.84 bits per heavy atom. The molecule has 0 aliphatic rings. The van der Waals surface area contributed by atoms with Gasteiger partial charge in [-0.15, -0.1) is 0 Å². The maximum absolute atomic E-state index is 13.2. The van der Waals surface area contributed by atoms with Crippen molar-refractivity contribution in [3.8, 4) is 0 Å². The zero-order valence-corrected chi connectivity index (χ0v) is 12.7. The number of carbonyl (C=O) groups is 1. The van der Waals surface area contributed by atoms with E-state index < -0.39 is 0 Å². The first-order valence-corrected chi connectivity index (χ1v) is 6.94. The SMILES string of the molecule is O=C(Cc1cc(F)cc(Br)c1)c1ccc(Cl)c(Cl)c1. The van der Waals surface area contributed by atoms with Gasteiger partial charge in [0.05, 0.1) is 10.0 Å². The van der Waals surface area contributed by atoms with Gasteiger partial charge in [-0.25, -0.2) is 4.39 Å². The molecule has 1 nitrogen and oxygen atoms in total. The molecule has 0 radical (unpaired) electrons. The van der Waals surface area contributed by atoms with Gasteiger partial charge in [0.25, 0.3) is 0 Å². The molecule has 98 valence electrons. The molecule has 0 saturated heterocycles. The van der Waals surface area contributed by atoms with Gasteiger partial charge in [0.1, 0.15) is 5.82 Å². The standard InChI is InChI=1S/C14H8BrCl2FO/c15-10-3-8(4-11(18)7-10)5-14(19)9-1-2-12(16)13(17)6-9/h1-4,6-7H,5H2. The normalized spacial score (nSPS) is 10.5. The largest absolute Gasteiger partial charge is 0.294 e. The summed E-state index contributed by atoms with van der Waals surface area (Å²) in [5.74, 6) is -0.526. The van der Waals surface area contributed by atoms with Crippen molar-refractivity contribution in [3.63, 3.8) is 0 Å². The zero-order chi connectivity index (χ0) is 14.0. The molecule has 0 atom stereocenters. The highest BCUT2D eigenvalue weighted by atomic mass is 79.9. The molecule has 0 aromatic heterocycles. The van der Waals surface area contributed by atoms with Crippen LogP contribution in [0.25, 0.3) is 0 Å². The van der Waals surface area contributed by atoms with Crippen molar-refractivity contribution < 1.29 is 9.18 Å². The Kier molecular flexibility index (Phi) is 4.61. The van der Waals surface area contributed by atoms with Gasteiger partial charge >= 0.3 is 0 Å². The van der Waals surface area contributed by atoms with Gasteiger partial charge in [-0.3, -0.25) is 4.79 Å². The van der Waals surface area contributed by atoms with Gasteiger partial charge in [-0.2, -0.15) is 0 Å². The summed E-state index contributed by atoms with van der Waals surface area (Å²) < 4.78 is 13.8. The molecule has 0 aliphatic carbocycles. The molecular weight excluding hydrogens is 354 g/mol. The summed E-state index contributed by atoms with van der Waals surface area (Å²) in [6, 6.07) is 9.07. The minimum absolute atomic E-state index is 0.105. The lowest BCUT2D eigenvalue weighted by Crippen LogP contribution is -2.04. The molecule has 19 heavy (non-hydrogen) atoms. The average molecular weight is 362 g/mol. The van der Waals surface area contributed by atoms with Gasteiger partial charge in [-0.05, 0) is 42.0 Å². The second-order valence-electron chi connectivity index (χ2n) is 4.01. The lowest BCUT2D eigenvalue weighted by Gasteiger charge is -2.04. The van der Waals surface area contributed by atoms with Crippen molar-refractivity contribution >= 4 is 44.9 Å². The summed E-state index contributed by atoms with van der Waals surface area (Å²) in [7, 11) is 0. The van der Waals surface area contributed by atoms with Crippen LogP contribution < -0.4 is 0 Å². The first kappa shape index (κ1) is 14.5. The van der Waals surface area contributed by atoms with Crippen molar-refractivity contribution in [2.45, 2.75) is 6.42 Å². The summed E-state index contributed by atoms with van der Waals surface area (Å²) in [4.78, 5) is 12.1. The lowest BCUT2D eigenvalue weighted by molar-refractivity contribution is 0.0993. The van der Waals surface area contributed by atoms with E-state index >= 15 is 0 Å².